The highest BCUT2D eigenvalue weighted by Gasteiger charge is 2.31. The van der Waals surface area contributed by atoms with Crippen molar-refractivity contribution in [1.82, 2.24) is 4.90 Å². The molecule has 23 heavy (non-hydrogen) atoms. The van der Waals surface area contributed by atoms with Crippen LogP contribution in [-0.4, -0.2) is 34.2 Å². The summed E-state index contributed by atoms with van der Waals surface area (Å²) in [6.45, 7) is 2.74. The van der Waals surface area contributed by atoms with Gasteiger partial charge in [0.1, 0.15) is 10.1 Å². The minimum Gasteiger partial charge on any atom is -0.550 e. The van der Waals surface area contributed by atoms with Gasteiger partial charge in [0.25, 0.3) is 5.91 Å². The molecule has 1 heterocycles. The second kappa shape index (κ2) is 8.12. The molecule has 0 atom stereocenters. The Kier molecular flexibility index (Phi) is 6.18. The normalized spacial score (nSPS) is 16.2. The number of hydrogen-bond acceptors (Lipinski definition) is 6. The second-order valence-electron chi connectivity index (χ2n) is 4.87. The van der Waals surface area contributed by atoms with E-state index in [2.05, 4.69) is 0 Å². The molecule has 1 aliphatic rings. The zero-order chi connectivity index (χ0) is 16.8. The molecule has 0 aromatic heterocycles. The lowest BCUT2D eigenvalue weighted by Crippen LogP contribution is -2.33. The van der Waals surface area contributed by atoms with E-state index in [1.54, 1.807) is 6.08 Å². The quantitative estimate of drug-likeness (QED) is 0.552. The standard InChI is InChI=1S/C16H17NO4S2/c1-2-9-21-12-5-3-11(4-6-12)10-13-15(20)17(16(22)23-13)8-7-14(18)19/h3-6,10H,2,7-9H2,1H3,(H,18,19)/p-1/b13-10-. The van der Waals surface area contributed by atoms with Crippen LogP contribution in [0.15, 0.2) is 29.2 Å². The van der Waals surface area contributed by atoms with Crippen LogP contribution >= 0.6 is 24.0 Å². The van der Waals surface area contributed by atoms with E-state index in [1.807, 2.05) is 31.2 Å². The minimum atomic E-state index is -1.20. The number of carboxylic acid groups (broad SMARTS) is 1. The Morgan fingerprint density at radius 3 is 2.70 bits per heavy atom. The number of carboxylic acids is 1. The molecule has 0 saturated carbocycles. The fraction of sp³-hybridized carbons (Fsp3) is 0.312. The van der Waals surface area contributed by atoms with Crippen LogP contribution in [0.4, 0.5) is 0 Å². The Hall–Kier alpha value is -1.86. The van der Waals surface area contributed by atoms with Crippen molar-refractivity contribution in [3.05, 3.63) is 34.7 Å². The van der Waals surface area contributed by atoms with E-state index in [0.717, 1.165) is 17.7 Å². The average Bonchev–Trinajstić information content (AvgIpc) is 2.78. The van der Waals surface area contributed by atoms with E-state index in [-0.39, 0.29) is 18.9 Å². The molecule has 0 aliphatic carbocycles. The molecule has 2 rings (SSSR count). The van der Waals surface area contributed by atoms with Crippen molar-refractivity contribution >= 4 is 46.3 Å². The van der Waals surface area contributed by atoms with Crippen molar-refractivity contribution in [2.24, 2.45) is 0 Å². The van der Waals surface area contributed by atoms with Gasteiger partial charge < -0.3 is 14.6 Å². The Morgan fingerprint density at radius 1 is 1.39 bits per heavy atom. The first kappa shape index (κ1) is 17.5. The van der Waals surface area contributed by atoms with Gasteiger partial charge in [0.2, 0.25) is 0 Å². The van der Waals surface area contributed by atoms with Crippen LogP contribution < -0.4 is 9.84 Å². The summed E-state index contributed by atoms with van der Waals surface area (Å²) in [5, 5.41) is 10.5. The van der Waals surface area contributed by atoms with Crippen LogP contribution in [0, 0.1) is 0 Å². The molecule has 7 heteroatoms. The third-order valence-electron chi connectivity index (χ3n) is 3.06. The maximum atomic E-state index is 12.3. The number of carbonyl (C=O) groups excluding carboxylic acids is 2. The highest BCUT2D eigenvalue weighted by Crippen LogP contribution is 2.32. The third-order valence-corrected chi connectivity index (χ3v) is 4.44. The van der Waals surface area contributed by atoms with Crippen molar-refractivity contribution < 1.29 is 19.4 Å². The molecule has 0 radical (unpaired) electrons. The number of amides is 1. The zero-order valence-corrected chi connectivity index (χ0v) is 14.2. The molecule has 0 unspecified atom stereocenters. The van der Waals surface area contributed by atoms with E-state index < -0.39 is 5.97 Å². The summed E-state index contributed by atoms with van der Waals surface area (Å²) < 4.78 is 5.87. The van der Waals surface area contributed by atoms with E-state index in [9.17, 15) is 14.7 Å². The maximum absolute atomic E-state index is 12.3. The van der Waals surface area contributed by atoms with Crippen molar-refractivity contribution in [2.45, 2.75) is 19.8 Å². The van der Waals surface area contributed by atoms with Gasteiger partial charge >= 0.3 is 0 Å². The number of thioether (sulfide) groups is 1. The highest BCUT2D eigenvalue weighted by molar-refractivity contribution is 8.26. The largest absolute Gasteiger partial charge is 0.550 e. The van der Waals surface area contributed by atoms with Crippen LogP contribution in [0.3, 0.4) is 0 Å². The Labute approximate surface area is 144 Å². The van der Waals surface area contributed by atoms with Crippen LogP contribution in [0.25, 0.3) is 6.08 Å². The number of benzene rings is 1. The molecular formula is C16H16NO4S2-. The topological polar surface area (TPSA) is 69.7 Å². The summed E-state index contributed by atoms with van der Waals surface area (Å²) in [5.41, 5.74) is 0.856. The molecule has 1 aliphatic heterocycles. The Morgan fingerprint density at radius 2 is 2.09 bits per heavy atom. The van der Waals surface area contributed by atoms with Crippen LogP contribution in [0.5, 0.6) is 5.75 Å². The molecule has 5 nitrogen and oxygen atoms in total. The van der Waals surface area contributed by atoms with Gasteiger partial charge in [-0.15, -0.1) is 0 Å². The molecule has 122 valence electrons. The van der Waals surface area contributed by atoms with Gasteiger partial charge in [0, 0.05) is 18.9 Å². The molecule has 0 spiro atoms. The van der Waals surface area contributed by atoms with Crippen LogP contribution in [-0.2, 0) is 9.59 Å². The lowest BCUT2D eigenvalue weighted by atomic mass is 10.2. The maximum Gasteiger partial charge on any atom is 0.266 e. The molecule has 0 bridgehead atoms. The van der Waals surface area contributed by atoms with Gasteiger partial charge in [-0.1, -0.05) is 43.0 Å². The van der Waals surface area contributed by atoms with Crippen LogP contribution in [0.2, 0.25) is 0 Å². The van der Waals surface area contributed by atoms with Crippen molar-refractivity contribution in [2.75, 3.05) is 13.2 Å². The van der Waals surface area contributed by atoms with Gasteiger partial charge in [0.05, 0.1) is 11.5 Å². The number of carbonyl (C=O) groups is 2. The number of hydrogen-bond donors (Lipinski definition) is 0. The van der Waals surface area contributed by atoms with E-state index in [1.165, 1.54) is 16.7 Å². The Balaban J connectivity index is 2.06. The number of rotatable bonds is 7. The first-order valence-corrected chi connectivity index (χ1v) is 8.42. The molecule has 1 fully saturated rings. The molecule has 1 saturated heterocycles. The lowest BCUT2D eigenvalue weighted by Gasteiger charge is -2.14. The summed E-state index contributed by atoms with van der Waals surface area (Å²) in [6.07, 6.45) is 2.45. The van der Waals surface area contributed by atoms with Gasteiger partial charge in [0.15, 0.2) is 0 Å². The zero-order valence-electron chi connectivity index (χ0n) is 12.6. The first-order chi connectivity index (χ1) is 11.0. The van der Waals surface area contributed by atoms with Gasteiger partial charge in [-0.25, -0.2) is 0 Å². The minimum absolute atomic E-state index is 0.0358. The third kappa shape index (κ3) is 4.80. The monoisotopic (exact) mass is 350 g/mol. The van der Waals surface area contributed by atoms with E-state index in [0.29, 0.717) is 15.8 Å². The fourth-order valence-electron chi connectivity index (χ4n) is 1.93. The highest BCUT2D eigenvalue weighted by atomic mass is 32.2. The molecule has 1 aromatic carbocycles. The lowest BCUT2D eigenvalue weighted by molar-refractivity contribution is -0.305. The number of thiocarbonyl (C=S) groups is 1. The summed E-state index contributed by atoms with van der Waals surface area (Å²) in [6, 6.07) is 7.41. The fourth-order valence-corrected chi connectivity index (χ4v) is 3.24. The average molecular weight is 350 g/mol. The Bertz CT molecular complexity index is 640. The molecular weight excluding hydrogens is 334 g/mol. The van der Waals surface area contributed by atoms with Crippen molar-refractivity contribution in [1.29, 1.82) is 0 Å². The SMILES string of the molecule is CCCOc1ccc(/C=C2\SC(=S)N(CCC(=O)[O-])C2=O)cc1. The summed E-state index contributed by atoms with van der Waals surface area (Å²) >= 11 is 6.30. The first-order valence-electron chi connectivity index (χ1n) is 7.19. The number of aliphatic carboxylic acids is 1. The summed E-state index contributed by atoms with van der Waals surface area (Å²) in [5.74, 6) is -0.691. The van der Waals surface area contributed by atoms with Crippen LogP contribution in [0.1, 0.15) is 25.3 Å². The molecule has 1 amide bonds. The second-order valence-corrected chi connectivity index (χ2v) is 6.55. The van der Waals surface area contributed by atoms with Crippen molar-refractivity contribution in [3.63, 3.8) is 0 Å². The van der Waals surface area contributed by atoms with Crippen molar-refractivity contribution in [3.8, 4) is 5.75 Å². The van der Waals surface area contributed by atoms with Gasteiger partial charge in [-0.3, -0.25) is 9.69 Å². The van der Waals surface area contributed by atoms with Gasteiger partial charge in [-0.2, -0.15) is 0 Å². The van der Waals surface area contributed by atoms with E-state index >= 15 is 0 Å². The number of nitrogens with zero attached hydrogens (tertiary/aromatic N) is 1. The van der Waals surface area contributed by atoms with E-state index in [4.69, 9.17) is 17.0 Å². The van der Waals surface area contributed by atoms with Gasteiger partial charge in [-0.05, 0) is 30.2 Å². The predicted molar refractivity (Wildman–Crippen MR) is 91.7 cm³/mol. The molecule has 0 N–H and O–H groups in total. The summed E-state index contributed by atoms with van der Waals surface area (Å²) in [7, 11) is 0. The summed E-state index contributed by atoms with van der Waals surface area (Å²) in [4.78, 5) is 24.5. The predicted octanol–water partition coefficient (Wildman–Crippen LogP) is 1.82. The smallest absolute Gasteiger partial charge is 0.266 e. The molecule has 1 aromatic rings. The number of ether oxygens (including phenoxy) is 1.